The highest BCUT2D eigenvalue weighted by Gasteiger charge is 2.54. The SMILES string of the molecule is CC.CC12CCC3c4ccc(O)cc4CCC3C1CCC2O.Sc1ccccc1. The lowest BCUT2D eigenvalue weighted by molar-refractivity contribution is -0.0226. The zero-order chi connectivity index (χ0) is 21.0. The Bertz CT molecular complexity index is 791. The van der Waals surface area contributed by atoms with E-state index in [9.17, 15) is 10.2 Å². The first kappa shape index (κ1) is 22.2. The van der Waals surface area contributed by atoms with Crippen molar-refractivity contribution in [2.75, 3.05) is 0 Å². The van der Waals surface area contributed by atoms with E-state index in [2.05, 4.69) is 25.6 Å². The third-order valence-electron chi connectivity index (χ3n) is 7.42. The summed E-state index contributed by atoms with van der Waals surface area (Å²) in [6.07, 6.45) is 6.78. The summed E-state index contributed by atoms with van der Waals surface area (Å²) in [4.78, 5) is 1.02. The van der Waals surface area contributed by atoms with Crippen molar-refractivity contribution in [3.8, 4) is 5.75 Å². The molecule has 5 rings (SSSR count). The van der Waals surface area contributed by atoms with Crippen LogP contribution in [0.3, 0.4) is 0 Å². The lowest BCUT2D eigenvalue weighted by Crippen LogP contribution is -2.43. The Hall–Kier alpha value is -1.45. The first-order chi connectivity index (χ1) is 14.0. The molecule has 0 bridgehead atoms. The quantitative estimate of drug-likeness (QED) is 0.426. The Morgan fingerprint density at radius 3 is 2.34 bits per heavy atom. The van der Waals surface area contributed by atoms with E-state index >= 15 is 0 Å². The van der Waals surface area contributed by atoms with Gasteiger partial charge in [0.15, 0.2) is 0 Å². The molecular formula is C26H36O2S. The predicted octanol–water partition coefficient (Wildman–Crippen LogP) is 6.61. The zero-order valence-corrected chi connectivity index (χ0v) is 18.9. The van der Waals surface area contributed by atoms with Gasteiger partial charge in [-0.25, -0.2) is 0 Å². The Kier molecular flexibility index (Phi) is 7.34. The standard InChI is InChI=1S/C18H24O2.C6H6S.C2H6/c1-18-9-8-14-13-5-3-12(19)10-11(13)2-4-15(14)16(18)6-7-17(18)20;7-6-4-2-1-3-5-6;1-2/h3,5,10,14-17,19-20H,2,4,6-9H2,1H3;1-5,7H;1-2H3. The van der Waals surface area contributed by atoms with Gasteiger partial charge in [-0.05, 0) is 97.1 Å². The van der Waals surface area contributed by atoms with Gasteiger partial charge in [-0.15, -0.1) is 12.6 Å². The molecule has 3 aliphatic rings. The lowest BCUT2D eigenvalue weighted by Gasteiger charge is -2.50. The number of hydrogen-bond acceptors (Lipinski definition) is 3. The second-order valence-electron chi connectivity index (χ2n) is 8.77. The van der Waals surface area contributed by atoms with Crippen molar-refractivity contribution < 1.29 is 10.2 Å². The Balaban J connectivity index is 0.000000226. The normalized spacial score (nSPS) is 31.8. The summed E-state index contributed by atoms with van der Waals surface area (Å²) in [6, 6.07) is 15.7. The van der Waals surface area contributed by atoms with E-state index in [4.69, 9.17) is 0 Å². The first-order valence-corrected chi connectivity index (χ1v) is 11.7. The van der Waals surface area contributed by atoms with Crippen LogP contribution >= 0.6 is 12.6 Å². The Morgan fingerprint density at radius 1 is 0.966 bits per heavy atom. The molecule has 0 heterocycles. The molecule has 5 atom stereocenters. The van der Waals surface area contributed by atoms with Crippen molar-refractivity contribution >= 4 is 12.6 Å². The minimum absolute atomic E-state index is 0.0883. The molecule has 2 nitrogen and oxygen atoms in total. The number of thiol groups is 1. The van der Waals surface area contributed by atoms with Gasteiger partial charge in [-0.3, -0.25) is 0 Å². The summed E-state index contributed by atoms with van der Waals surface area (Å²) in [7, 11) is 0. The van der Waals surface area contributed by atoms with Crippen LogP contribution in [0.2, 0.25) is 0 Å². The number of benzene rings is 2. The molecule has 29 heavy (non-hydrogen) atoms. The molecule has 2 N–H and O–H groups in total. The molecule has 3 heteroatoms. The van der Waals surface area contributed by atoms with Crippen LogP contribution in [0.4, 0.5) is 0 Å². The number of aryl methyl sites for hydroxylation is 1. The van der Waals surface area contributed by atoms with E-state index in [0.717, 1.165) is 30.1 Å². The summed E-state index contributed by atoms with van der Waals surface area (Å²) in [5, 5.41) is 20.0. The number of phenols is 1. The molecule has 3 aliphatic carbocycles. The number of rotatable bonds is 0. The topological polar surface area (TPSA) is 40.5 Å². The first-order valence-electron chi connectivity index (χ1n) is 11.2. The number of phenolic OH excluding ortho intramolecular Hbond substituents is 1. The van der Waals surface area contributed by atoms with E-state index in [1.54, 1.807) is 0 Å². The molecule has 0 saturated heterocycles. The van der Waals surface area contributed by atoms with Crippen LogP contribution in [0.5, 0.6) is 5.75 Å². The van der Waals surface area contributed by atoms with Crippen LogP contribution in [-0.4, -0.2) is 16.3 Å². The molecule has 2 aromatic carbocycles. The molecule has 2 aromatic rings. The van der Waals surface area contributed by atoms with Crippen molar-refractivity contribution in [2.24, 2.45) is 17.3 Å². The van der Waals surface area contributed by atoms with Crippen LogP contribution in [0.1, 0.15) is 69.9 Å². The van der Waals surface area contributed by atoms with Crippen LogP contribution in [0.15, 0.2) is 53.4 Å². The monoisotopic (exact) mass is 412 g/mol. The minimum atomic E-state index is -0.0883. The molecule has 0 aliphatic heterocycles. The van der Waals surface area contributed by atoms with Gasteiger partial charge < -0.3 is 10.2 Å². The summed E-state index contributed by atoms with van der Waals surface area (Å²) < 4.78 is 0. The summed E-state index contributed by atoms with van der Waals surface area (Å²) >= 11 is 4.08. The largest absolute Gasteiger partial charge is 0.508 e. The highest BCUT2D eigenvalue weighted by atomic mass is 32.1. The fraction of sp³-hybridized carbons (Fsp3) is 0.538. The van der Waals surface area contributed by atoms with Gasteiger partial charge in [0, 0.05) is 4.90 Å². The smallest absolute Gasteiger partial charge is 0.115 e. The molecule has 0 amide bonds. The Labute approximate surface area is 181 Å². The molecule has 0 spiro atoms. The van der Waals surface area contributed by atoms with Crippen LogP contribution < -0.4 is 0 Å². The van der Waals surface area contributed by atoms with Gasteiger partial charge in [-0.1, -0.05) is 45.0 Å². The second-order valence-corrected chi connectivity index (χ2v) is 9.29. The number of aliphatic hydroxyl groups is 1. The third kappa shape index (κ3) is 4.51. The molecule has 2 fully saturated rings. The number of aromatic hydroxyl groups is 1. The van der Waals surface area contributed by atoms with Gasteiger partial charge in [0.25, 0.3) is 0 Å². The van der Waals surface area contributed by atoms with Crippen molar-refractivity contribution in [1.82, 2.24) is 0 Å². The van der Waals surface area contributed by atoms with Crippen molar-refractivity contribution in [3.05, 3.63) is 59.7 Å². The van der Waals surface area contributed by atoms with Crippen LogP contribution in [0, 0.1) is 17.3 Å². The third-order valence-corrected chi connectivity index (χ3v) is 7.71. The summed E-state index contributed by atoms with van der Waals surface area (Å²) in [6.45, 7) is 6.32. The van der Waals surface area contributed by atoms with Gasteiger partial charge in [0.2, 0.25) is 0 Å². The maximum Gasteiger partial charge on any atom is 0.115 e. The highest BCUT2D eigenvalue weighted by molar-refractivity contribution is 7.80. The van der Waals surface area contributed by atoms with E-state index in [1.165, 1.54) is 30.4 Å². The summed E-state index contributed by atoms with van der Waals surface area (Å²) in [5.41, 5.74) is 2.99. The lowest BCUT2D eigenvalue weighted by atomic mass is 9.55. The average molecular weight is 413 g/mol. The number of aliphatic hydroxyl groups excluding tert-OH is 1. The second kappa shape index (κ2) is 9.57. The van der Waals surface area contributed by atoms with Crippen molar-refractivity contribution in [1.29, 1.82) is 0 Å². The maximum atomic E-state index is 10.4. The minimum Gasteiger partial charge on any atom is -0.508 e. The number of hydrogen-bond donors (Lipinski definition) is 3. The molecule has 158 valence electrons. The van der Waals surface area contributed by atoms with Crippen LogP contribution in [0.25, 0.3) is 0 Å². The Morgan fingerprint density at radius 2 is 1.69 bits per heavy atom. The van der Waals surface area contributed by atoms with E-state index in [0.29, 0.717) is 17.6 Å². The van der Waals surface area contributed by atoms with E-state index in [1.807, 2.05) is 56.3 Å². The molecule has 0 radical (unpaired) electrons. The van der Waals surface area contributed by atoms with E-state index < -0.39 is 0 Å². The number of fused-ring (bicyclic) bond motifs is 5. The predicted molar refractivity (Wildman–Crippen MR) is 124 cm³/mol. The average Bonchev–Trinajstić information content (AvgIpc) is 3.05. The van der Waals surface area contributed by atoms with Gasteiger partial charge in [-0.2, -0.15) is 0 Å². The molecular weight excluding hydrogens is 376 g/mol. The molecule has 2 saturated carbocycles. The zero-order valence-electron chi connectivity index (χ0n) is 18.0. The van der Waals surface area contributed by atoms with Gasteiger partial charge >= 0.3 is 0 Å². The molecule has 0 aromatic heterocycles. The fourth-order valence-electron chi connectivity index (χ4n) is 5.97. The van der Waals surface area contributed by atoms with Crippen molar-refractivity contribution in [3.63, 3.8) is 0 Å². The highest BCUT2D eigenvalue weighted by Crippen LogP contribution is 2.60. The van der Waals surface area contributed by atoms with E-state index in [-0.39, 0.29) is 11.5 Å². The summed E-state index contributed by atoms with van der Waals surface area (Å²) in [5.74, 6) is 2.49. The van der Waals surface area contributed by atoms with Gasteiger partial charge in [0.05, 0.1) is 6.10 Å². The maximum absolute atomic E-state index is 10.4. The van der Waals surface area contributed by atoms with Gasteiger partial charge in [0.1, 0.15) is 5.75 Å². The fourth-order valence-corrected chi connectivity index (χ4v) is 6.14. The molecule has 5 unspecified atom stereocenters. The van der Waals surface area contributed by atoms with Crippen LogP contribution in [-0.2, 0) is 6.42 Å². The van der Waals surface area contributed by atoms with Crippen molar-refractivity contribution in [2.45, 2.75) is 76.2 Å².